The van der Waals surface area contributed by atoms with Crippen molar-refractivity contribution < 1.29 is 5.21 Å². The van der Waals surface area contributed by atoms with Crippen LogP contribution < -0.4 is 5.73 Å². The maximum Gasteiger partial charge on any atom is 0.170 e. The molecule has 0 radical (unpaired) electrons. The predicted molar refractivity (Wildman–Crippen MR) is 81.4 cm³/mol. The van der Waals surface area contributed by atoms with E-state index < -0.39 is 0 Å². The van der Waals surface area contributed by atoms with Gasteiger partial charge in [-0.25, -0.2) is 0 Å². The van der Waals surface area contributed by atoms with Gasteiger partial charge < -0.3 is 15.5 Å². The second-order valence-electron chi connectivity index (χ2n) is 5.04. The maximum absolute atomic E-state index is 8.73. The Balaban J connectivity index is 1.83. The van der Waals surface area contributed by atoms with E-state index in [4.69, 9.17) is 10.9 Å². The largest absolute Gasteiger partial charge is 0.409 e. The molecule has 0 saturated heterocycles. The van der Waals surface area contributed by atoms with Crippen molar-refractivity contribution in [1.29, 1.82) is 0 Å². The van der Waals surface area contributed by atoms with Crippen molar-refractivity contribution in [2.45, 2.75) is 13.0 Å². The Kier molecular flexibility index (Phi) is 3.35. The highest BCUT2D eigenvalue weighted by atomic mass is 16.4. The average Bonchev–Trinajstić information content (AvgIpc) is 3.09. The van der Waals surface area contributed by atoms with Gasteiger partial charge in [0.2, 0.25) is 0 Å². The van der Waals surface area contributed by atoms with Gasteiger partial charge >= 0.3 is 0 Å². The summed E-state index contributed by atoms with van der Waals surface area (Å²) in [6.45, 7) is 0.887. The van der Waals surface area contributed by atoms with Crippen LogP contribution in [0.5, 0.6) is 0 Å². The molecule has 2 heterocycles. The molecule has 0 atom stereocenters. The van der Waals surface area contributed by atoms with Gasteiger partial charge in [-0.2, -0.15) is 5.10 Å². The smallest absolute Gasteiger partial charge is 0.170 e. The summed E-state index contributed by atoms with van der Waals surface area (Å²) in [6.07, 6.45) is 6.90. The molecule has 6 nitrogen and oxygen atoms in total. The highest BCUT2D eigenvalue weighted by Crippen LogP contribution is 2.18. The van der Waals surface area contributed by atoms with E-state index in [0.29, 0.717) is 0 Å². The lowest BCUT2D eigenvalue weighted by atomic mass is 10.1. The van der Waals surface area contributed by atoms with Gasteiger partial charge in [-0.15, -0.1) is 0 Å². The number of aryl methyl sites for hydroxylation is 3. The Bertz CT molecular complexity index is 799. The summed E-state index contributed by atoms with van der Waals surface area (Å²) in [6, 6.07) is 7.81. The first-order valence-corrected chi connectivity index (χ1v) is 6.71. The van der Waals surface area contributed by atoms with Crippen molar-refractivity contribution in [3.8, 4) is 0 Å². The molecule has 3 N–H and O–H groups in total. The van der Waals surface area contributed by atoms with Crippen molar-refractivity contribution in [1.82, 2.24) is 14.3 Å². The molecule has 0 bridgehead atoms. The molecule has 3 rings (SSSR count). The molecule has 0 fully saturated rings. The van der Waals surface area contributed by atoms with Crippen LogP contribution in [0.25, 0.3) is 10.9 Å². The minimum Gasteiger partial charge on any atom is -0.409 e. The van der Waals surface area contributed by atoms with Gasteiger partial charge in [0.1, 0.15) is 0 Å². The van der Waals surface area contributed by atoms with Crippen LogP contribution in [0.3, 0.4) is 0 Å². The fourth-order valence-electron chi connectivity index (χ4n) is 2.46. The van der Waals surface area contributed by atoms with Gasteiger partial charge in [-0.05, 0) is 36.2 Å². The first kappa shape index (κ1) is 13.2. The van der Waals surface area contributed by atoms with Gasteiger partial charge in [-0.3, -0.25) is 4.68 Å². The quantitative estimate of drug-likeness (QED) is 0.331. The normalized spacial score (nSPS) is 12.1. The molecule has 108 valence electrons. The lowest BCUT2D eigenvalue weighted by molar-refractivity contribution is 0.318. The average molecular weight is 283 g/mol. The second-order valence-corrected chi connectivity index (χ2v) is 5.04. The second kappa shape index (κ2) is 5.32. The van der Waals surface area contributed by atoms with Crippen LogP contribution in [0.4, 0.5) is 0 Å². The molecule has 2 aromatic heterocycles. The highest BCUT2D eigenvalue weighted by molar-refractivity contribution is 6.00. The number of aromatic nitrogens is 3. The van der Waals surface area contributed by atoms with E-state index in [1.54, 1.807) is 0 Å². The predicted octanol–water partition coefficient (Wildman–Crippen LogP) is 1.71. The van der Waals surface area contributed by atoms with E-state index in [-0.39, 0.29) is 5.84 Å². The molecule has 3 aromatic rings. The van der Waals surface area contributed by atoms with E-state index in [1.807, 2.05) is 48.4 Å². The molecule has 0 aliphatic carbocycles. The van der Waals surface area contributed by atoms with Gasteiger partial charge in [0.05, 0.1) is 6.20 Å². The summed E-state index contributed by atoms with van der Waals surface area (Å²) in [7, 11) is 1.92. The van der Waals surface area contributed by atoms with E-state index in [0.717, 1.165) is 29.4 Å². The third kappa shape index (κ3) is 2.60. The van der Waals surface area contributed by atoms with Crippen LogP contribution in [0, 0.1) is 0 Å². The summed E-state index contributed by atoms with van der Waals surface area (Å²) < 4.78 is 4.00. The third-order valence-corrected chi connectivity index (χ3v) is 3.57. The molecular weight excluding hydrogens is 266 g/mol. The zero-order chi connectivity index (χ0) is 14.8. The van der Waals surface area contributed by atoms with Crippen molar-refractivity contribution in [2.75, 3.05) is 0 Å². The Hall–Kier alpha value is -2.76. The molecule has 0 aliphatic heterocycles. The van der Waals surface area contributed by atoms with Gasteiger partial charge in [0, 0.05) is 42.5 Å². The Morgan fingerprint density at radius 3 is 2.95 bits per heavy atom. The summed E-state index contributed by atoms with van der Waals surface area (Å²) in [5.74, 6) is 0.125. The van der Waals surface area contributed by atoms with Crippen LogP contribution >= 0.6 is 0 Å². The highest BCUT2D eigenvalue weighted by Gasteiger charge is 2.05. The van der Waals surface area contributed by atoms with E-state index >= 15 is 0 Å². The topological polar surface area (TPSA) is 81.4 Å². The van der Waals surface area contributed by atoms with Crippen molar-refractivity contribution in [3.05, 3.63) is 54.0 Å². The van der Waals surface area contributed by atoms with Crippen molar-refractivity contribution in [3.63, 3.8) is 0 Å². The number of fused-ring (bicyclic) bond motifs is 1. The first-order chi connectivity index (χ1) is 10.2. The molecule has 21 heavy (non-hydrogen) atoms. The van der Waals surface area contributed by atoms with Gasteiger partial charge in [-0.1, -0.05) is 5.16 Å². The van der Waals surface area contributed by atoms with Gasteiger partial charge in [0.15, 0.2) is 5.84 Å². The Morgan fingerprint density at radius 2 is 2.24 bits per heavy atom. The van der Waals surface area contributed by atoms with Gasteiger partial charge in [0.25, 0.3) is 0 Å². The molecule has 0 aliphatic rings. The third-order valence-electron chi connectivity index (χ3n) is 3.57. The number of rotatable bonds is 4. The standard InChI is InChI=1S/C15H17N5O/c1-19-10-11(9-17-19)4-6-20-7-5-12-8-13(15(16)18-21)2-3-14(12)20/h2-3,5,7-10,21H,4,6H2,1H3,(H2,16,18). The number of benzene rings is 1. The molecule has 0 spiro atoms. The maximum atomic E-state index is 8.73. The molecule has 0 saturated carbocycles. The number of nitrogens with two attached hydrogens (primary N) is 1. The fourth-order valence-corrected chi connectivity index (χ4v) is 2.46. The molecule has 0 unspecified atom stereocenters. The number of amidine groups is 1. The summed E-state index contributed by atoms with van der Waals surface area (Å²) in [4.78, 5) is 0. The van der Waals surface area contributed by atoms with Crippen LogP contribution in [0.15, 0.2) is 48.0 Å². The van der Waals surface area contributed by atoms with Crippen LogP contribution in [0.2, 0.25) is 0 Å². The minimum absolute atomic E-state index is 0.125. The molecule has 1 aromatic carbocycles. The SMILES string of the molecule is Cn1cc(CCn2ccc3cc(/C(N)=N/O)ccc32)cn1. The van der Waals surface area contributed by atoms with Crippen LogP contribution in [-0.4, -0.2) is 25.4 Å². The summed E-state index contributed by atoms with van der Waals surface area (Å²) in [5.41, 5.74) is 8.68. The zero-order valence-electron chi connectivity index (χ0n) is 11.8. The lowest BCUT2D eigenvalue weighted by Gasteiger charge is -2.05. The van der Waals surface area contributed by atoms with E-state index in [2.05, 4.69) is 21.0 Å². The number of nitrogens with zero attached hydrogens (tertiary/aromatic N) is 4. The van der Waals surface area contributed by atoms with Crippen LogP contribution in [-0.2, 0) is 20.0 Å². The van der Waals surface area contributed by atoms with Crippen LogP contribution in [0.1, 0.15) is 11.1 Å². The van der Waals surface area contributed by atoms with Crippen molar-refractivity contribution >= 4 is 16.7 Å². The summed E-state index contributed by atoms with van der Waals surface area (Å²) in [5, 5.41) is 17.0. The first-order valence-electron chi connectivity index (χ1n) is 6.71. The number of hydrogen-bond acceptors (Lipinski definition) is 3. The molecular formula is C15H17N5O. The minimum atomic E-state index is 0.125. The monoisotopic (exact) mass is 283 g/mol. The fraction of sp³-hybridized carbons (Fsp3) is 0.200. The Morgan fingerprint density at radius 1 is 1.38 bits per heavy atom. The number of oxime groups is 1. The molecule has 6 heteroatoms. The lowest BCUT2D eigenvalue weighted by Crippen LogP contribution is -2.12. The zero-order valence-corrected chi connectivity index (χ0v) is 11.8. The summed E-state index contributed by atoms with van der Waals surface area (Å²) >= 11 is 0. The van der Waals surface area contributed by atoms with E-state index in [1.165, 1.54) is 5.56 Å². The van der Waals surface area contributed by atoms with Crippen molar-refractivity contribution in [2.24, 2.45) is 17.9 Å². The Labute approximate surface area is 122 Å². The number of hydrogen-bond donors (Lipinski definition) is 2. The van der Waals surface area contributed by atoms with E-state index in [9.17, 15) is 0 Å². The molecule has 0 amide bonds.